The molecule has 2 rings (SSSR count). The lowest BCUT2D eigenvalue weighted by Crippen LogP contribution is -3.09. The highest BCUT2D eigenvalue weighted by molar-refractivity contribution is 7.71. The zero-order valence-corrected chi connectivity index (χ0v) is 16.1. The van der Waals surface area contributed by atoms with Gasteiger partial charge < -0.3 is 14.8 Å². The fourth-order valence-corrected chi connectivity index (χ4v) is 2.68. The van der Waals surface area contributed by atoms with Crippen molar-refractivity contribution in [3.05, 3.63) is 34.9 Å². The van der Waals surface area contributed by atoms with E-state index < -0.39 is 0 Å². The van der Waals surface area contributed by atoms with Crippen LogP contribution >= 0.6 is 12.2 Å². The van der Waals surface area contributed by atoms with Gasteiger partial charge in [0, 0.05) is 18.2 Å². The first kappa shape index (κ1) is 19.3. The smallest absolute Gasteiger partial charge is 0.275 e. The first-order valence-corrected chi connectivity index (χ1v) is 8.50. The maximum Gasteiger partial charge on any atom is 0.275 e. The third-order valence-corrected chi connectivity index (χ3v) is 4.02. The molecular formula is C17H25FN5OS+. The number of nitrogens with zero attached hydrogens (tertiary/aromatic N) is 3. The van der Waals surface area contributed by atoms with Gasteiger partial charge in [-0.25, -0.2) is 4.39 Å². The third kappa shape index (κ3) is 5.20. The maximum atomic E-state index is 13.1. The van der Waals surface area contributed by atoms with Crippen molar-refractivity contribution >= 4 is 18.1 Å². The molecule has 1 aromatic heterocycles. The minimum Gasteiger partial charge on any atom is -0.347 e. The fraction of sp³-hybridized carbons (Fsp3) is 0.471. The number of quaternary nitrogens is 1. The highest BCUT2D eigenvalue weighted by atomic mass is 32.1. The van der Waals surface area contributed by atoms with E-state index in [0.717, 1.165) is 10.5 Å². The molecular weight excluding hydrogens is 341 g/mol. The summed E-state index contributed by atoms with van der Waals surface area (Å²) in [5.74, 6) is 0.349. The predicted octanol–water partition coefficient (Wildman–Crippen LogP) is 1.14. The fourth-order valence-electron chi connectivity index (χ4n) is 2.49. The Balaban J connectivity index is 2.13. The summed E-state index contributed by atoms with van der Waals surface area (Å²) in [7, 11) is 3.74. The molecule has 1 heterocycles. The van der Waals surface area contributed by atoms with Crippen molar-refractivity contribution in [3.8, 4) is 11.4 Å². The molecule has 0 radical (unpaired) electrons. The highest BCUT2D eigenvalue weighted by Crippen LogP contribution is 2.17. The van der Waals surface area contributed by atoms with E-state index in [9.17, 15) is 9.18 Å². The summed E-state index contributed by atoms with van der Waals surface area (Å²) in [5, 5.41) is 7.47. The maximum absolute atomic E-state index is 13.1. The van der Waals surface area contributed by atoms with Crippen LogP contribution in [0, 0.1) is 10.6 Å². The Morgan fingerprint density at radius 1 is 1.32 bits per heavy atom. The van der Waals surface area contributed by atoms with Gasteiger partial charge in [0.05, 0.1) is 7.05 Å². The largest absolute Gasteiger partial charge is 0.347 e. The van der Waals surface area contributed by atoms with E-state index in [1.165, 1.54) is 12.1 Å². The summed E-state index contributed by atoms with van der Waals surface area (Å²) < 4.78 is 17.1. The lowest BCUT2D eigenvalue weighted by atomic mass is 10.1. The molecule has 8 heteroatoms. The van der Waals surface area contributed by atoms with Gasteiger partial charge in [0.15, 0.2) is 19.0 Å². The number of amides is 1. The monoisotopic (exact) mass is 366 g/mol. The van der Waals surface area contributed by atoms with Crippen LogP contribution in [0.3, 0.4) is 0 Å². The molecule has 1 aromatic carbocycles. The Hall–Kier alpha value is -2.06. The summed E-state index contributed by atoms with van der Waals surface area (Å²) in [6.45, 7) is 6.63. The topological polar surface area (TPSA) is 56.3 Å². The molecule has 2 aromatic rings. The van der Waals surface area contributed by atoms with Gasteiger partial charge in [-0.3, -0.25) is 4.79 Å². The van der Waals surface area contributed by atoms with Crippen LogP contribution < -0.4 is 10.2 Å². The molecule has 1 atom stereocenters. The molecule has 0 spiro atoms. The molecule has 1 amide bonds. The number of hydrogen-bond acceptors (Lipinski definition) is 3. The van der Waals surface area contributed by atoms with Crippen LogP contribution in [0.2, 0.25) is 0 Å². The number of aromatic nitrogens is 3. The molecule has 1 unspecified atom stereocenters. The van der Waals surface area contributed by atoms with Gasteiger partial charge in [0.25, 0.3) is 5.91 Å². The lowest BCUT2D eigenvalue weighted by molar-refractivity contribution is -0.895. The van der Waals surface area contributed by atoms with Crippen molar-refractivity contribution in [3.63, 3.8) is 0 Å². The van der Waals surface area contributed by atoms with Crippen LogP contribution in [0.1, 0.15) is 20.8 Å². The molecule has 0 aliphatic heterocycles. The van der Waals surface area contributed by atoms with Gasteiger partial charge >= 0.3 is 0 Å². The molecule has 0 bridgehead atoms. The highest BCUT2D eigenvalue weighted by Gasteiger charge is 2.18. The van der Waals surface area contributed by atoms with Gasteiger partial charge in [0.1, 0.15) is 5.82 Å². The quantitative estimate of drug-likeness (QED) is 0.781. The molecule has 6 nitrogen and oxygen atoms in total. The normalized spacial score (nSPS) is 12.9. The van der Waals surface area contributed by atoms with Crippen molar-refractivity contribution in [2.24, 2.45) is 7.05 Å². The zero-order valence-electron chi connectivity index (χ0n) is 15.3. The van der Waals surface area contributed by atoms with E-state index in [2.05, 4.69) is 10.4 Å². The first-order chi connectivity index (χ1) is 11.6. The van der Waals surface area contributed by atoms with Crippen molar-refractivity contribution in [2.75, 3.05) is 13.6 Å². The standard InChI is InChI=1S/C17H24FN5OS/c1-17(2,3)19-14(24)10-21(4)11-23-16(25)22(5)15(20-23)12-6-8-13(18)9-7-12/h6-9H,10-11H2,1-5H3,(H,19,24)/p+1. The first-order valence-electron chi connectivity index (χ1n) is 8.09. The minimum atomic E-state index is -0.293. The lowest BCUT2D eigenvalue weighted by Gasteiger charge is -2.21. The predicted molar refractivity (Wildman–Crippen MR) is 97.1 cm³/mol. The number of likely N-dealkylation sites (N-methyl/N-ethyl adjacent to an activating group) is 1. The van der Waals surface area contributed by atoms with Crippen LogP contribution in [0.15, 0.2) is 24.3 Å². The second-order valence-electron chi connectivity index (χ2n) is 7.26. The summed E-state index contributed by atoms with van der Waals surface area (Å²) in [5.41, 5.74) is 0.533. The average Bonchev–Trinajstić information content (AvgIpc) is 2.74. The number of carbonyl (C=O) groups is 1. The van der Waals surface area contributed by atoms with Crippen LogP contribution in [0.4, 0.5) is 4.39 Å². The van der Waals surface area contributed by atoms with Crippen LogP contribution in [0.5, 0.6) is 0 Å². The molecule has 25 heavy (non-hydrogen) atoms. The summed E-state index contributed by atoms with van der Waals surface area (Å²) >= 11 is 5.43. The molecule has 0 saturated heterocycles. The van der Waals surface area contributed by atoms with Crippen LogP contribution in [-0.4, -0.2) is 39.4 Å². The molecule has 0 saturated carbocycles. The number of nitrogens with one attached hydrogen (secondary N) is 2. The van der Waals surface area contributed by atoms with Crippen LogP contribution in [-0.2, 0) is 18.5 Å². The van der Waals surface area contributed by atoms with Crippen molar-refractivity contribution in [1.82, 2.24) is 19.7 Å². The summed E-state index contributed by atoms with van der Waals surface area (Å²) in [6.07, 6.45) is 0. The van der Waals surface area contributed by atoms with E-state index in [0.29, 0.717) is 23.8 Å². The van der Waals surface area contributed by atoms with Gasteiger partial charge in [-0.1, -0.05) is 0 Å². The summed E-state index contributed by atoms with van der Waals surface area (Å²) in [4.78, 5) is 13.0. The molecule has 0 aliphatic rings. The second kappa shape index (κ2) is 7.45. The van der Waals surface area contributed by atoms with Gasteiger partial charge in [0.2, 0.25) is 4.77 Å². The average molecular weight is 366 g/mol. The third-order valence-electron chi connectivity index (χ3n) is 3.54. The minimum absolute atomic E-state index is 0.0220. The van der Waals surface area contributed by atoms with Crippen molar-refractivity contribution in [2.45, 2.75) is 33.0 Å². The molecule has 0 aliphatic carbocycles. The Morgan fingerprint density at radius 2 is 1.92 bits per heavy atom. The molecule has 2 N–H and O–H groups in total. The van der Waals surface area contributed by atoms with E-state index in [1.807, 2.05) is 34.9 Å². The zero-order chi connectivity index (χ0) is 18.8. The number of hydrogen-bond donors (Lipinski definition) is 2. The number of benzene rings is 1. The Kier molecular flexibility index (Phi) is 5.74. The summed E-state index contributed by atoms with van der Waals surface area (Å²) in [6, 6.07) is 6.13. The van der Waals surface area contributed by atoms with E-state index in [-0.39, 0.29) is 17.3 Å². The molecule has 0 fully saturated rings. The Labute approximate surface area is 152 Å². The van der Waals surface area contributed by atoms with Gasteiger partial charge in [-0.05, 0) is 57.3 Å². The number of carbonyl (C=O) groups excluding carboxylic acids is 1. The molecule has 136 valence electrons. The van der Waals surface area contributed by atoms with E-state index >= 15 is 0 Å². The Morgan fingerprint density at radius 3 is 2.48 bits per heavy atom. The van der Waals surface area contributed by atoms with E-state index in [4.69, 9.17) is 12.2 Å². The second-order valence-corrected chi connectivity index (χ2v) is 7.63. The van der Waals surface area contributed by atoms with Crippen molar-refractivity contribution < 1.29 is 14.1 Å². The van der Waals surface area contributed by atoms with Crippen LogP contribution in [0.25, 0.3) is 11.4 Å². The van der Waals surface area contributed by atoms with E-state index in [1.54, 1.807) is 21.4 Å². The van der Waals surface area contributed by atoms with Crippen molar-refractivity contribution in [1.29, 1.82) is 0 Å². The number of halogens is 1. The SMILES string of the molecule is Cn1c(-c2ccc(F)cc2)nn(C[NH+](C)CC(=O)NC(C)(C)C)c1=S. The number of rotatable bonds is 5. The Bertz CT molecular complexity index is 804. The van der Waals surface area contributed by atoms with Gasteiger partial charge in [-0.2, -0.15) is 4.68 Å². The van der Waals surface area contributed by atoms with Gasteiger partial charge in [-0.15, -0.1) is 5.10 Å².